The fraction of sp³-hybridized carbons (Fsp3) is 0.200. The van der Waals surface area contributed by atoms with Gasteiger partial charge in [-0.25, -0.2) is 9.78 Å². The number of esters is 3. The number of thiazole rings is 1. The van der Waals surface area contributed by atoms with Gasteiger partial charge in [-0.15, -0.1) is 11.3 Å². The van der Waals surface area contributed by atoms with Crippen molar-refractivity contribution < 1.29 is 43.3 Å². The number of nitrogens with zero attached hydrogens (tertiary/aromatic N) is 2. The summed E-state index contributed by atoms with van der Waals surface area (Å²) in [4.78, 5) is 59.7. The van der Waals surface area contributed by atoms with Crippen molar-refractivity contribution in [1.29, 1.82) is 0 Å². The Bertz CT molecular complexity index is 2040. The van der Waals surface area contributed by atoms with Gasteiger partial charge in [0.2, 0.25) is 0 Å². The molecule has 1 unspecified atom stereocenters. The van der Waals surface area contributed by atoms with Gasteiger partial charge in [0.25, 0.3) is 5.44 Å². The lowest BCUT2D eigenvalue weighted by Crippen LogP contribution is -2.38. The van der Waals surface area contributed by atoms with Gasteiger partial charge >= 0.3 is 17.9 Å². The number of aromatic nitrogens is 1. The first-order valence-corrected chi connectivity index (χ1v) is 18.3. The second kappa shape index (κ2) is 17.2. The fourth-order valence-corrected chi connectivity index (χ4v) is 6.84. The number of oxime groups is 1. The maximum absolute atomic E-state index is 13.3. The zero-order chi connectivity index (χ0) is 38.9. The highest BCUT2D eigenvalue weighted by Gasteiger charge is 2.37. The maximum atomic E-state index is 13.3. The zero-order valence-electron chi connectivity index (χ0n) is 29.9. The van der Waals surface area contributed by atoms with E-state index in [0.29, 0.717) is 10.0 Å². The molecular weight excluding hydrogens is 731 g/mol. The van der Waals surface area contributed by atoms with Gasteiger partial charge in [-0.1, -0.05) is 108 Å². The number of hydrogen-bond donors (Lipinski definition) is 1. The monoisotopic (exact) mass is 766 g/mol. The fourth-order valence-electron chi connectivity index (χ4n) is 5.29. The molecule has 0 aliphatic carbocycles. The SMILES string of the molecule is CC(=O)Oc1ccc(SC(O/N=C(\C(=O)[O-])c2csc(NC(c3ccccc3)(c3ccccc3)c3ccccc3)n2)C(=O)OC(C)(C)C)cc1OC(C)=O. The summed E-state index contributed by atoms with van der Waals surface area (Å²) in [6, 6.07) is 33.6. The van der Waals surface area contributed by atoms with Crippen LogP contribution in [0.25, 0.3) is 0 Å². The third-order valence-corrected chi connectivity index (χ3v) is 9.14. The number of carboxylic acids is 1. The summed E-state index contributed by atoms with van der Waals surface area (Å²) in [6.07, 6.45) is 0. The Kier molecular flexibility index (Phi) is 12.5. The van der Waals surface area contributed by atoms with Crippen LogP contribution in [0.5, 0.6) is 11.5 Å². The lowest BCUT2D eigenvalue weighted by molar-refractivity contribution is -0.294. The number of aliphatic carboxylic acids is 1. The quantitative estimate of drug-likeness (QED) is 0.0254. The van der Waals surface area contributed by atoms with Crippen molar-refractivity contribution in [2.24, 2.45) is 5.16 Å². The van der Waals surface area contributed by atoms with Gasteiger partial charge in [-0.05, 0) is 55.7 Å². The van der Waals surface area contributed by atoms with E-state index in [1.54, 1.807) is 20.8 Å². The lowest BCUT2D eigenvalue weighted by atomic mass is 9.77. The highest BCUT2D eigenvalue weighted by atomic mass is 32.2. The molecule has 5 aromatic rings. The van der Waals surface area contributed by atoms with E-state index in [1.807, 2.05) is 91.0 Å². The second-order valence-corrected chi connectivity index (χ2v) is 14.6. The number of rotatable bonds is 14. The van der Waals surface area contributed by atoms with E-state index in [0.717, 1.165) is 39.8 Å². The Labute approximate surface area is 320 Å². The molecule has 12 nitrogen and oxygen atoms in total. The molecule has 0 saturated heterocycles. The van der Waals surface area contributed by atoms with Crippen LogP contribution in [0.1, 0.15) is 57.0 Å². The predicted molar refractivity (Wildman–Crippen MR) is 202 cm³/mol. The smallest absolute Gasteiger partial charge is 0.361 e. The van der Waals surface area contributed by atoms with Crippen LogP contribution in [0.15, 0.2) is 125 Å². The van der Waals surface area contributed by atoms with Crippen LogP contribution in [0.4, 0.5) is 5.13 Å². The van der Waals surface area contributed by atoms with E-state index < -0.39 is 46.2 Å². The van der Waals surface area contributed by atoms with Crippen LogP contribution in [0.3, 0.4) is 0 Å². The molecule has 14 heteroatoms. The average molecular weight is 767 g/mol. The number of carbonyl (C=O) groups excluding carboxylic acids is 4. The summed E-state index contributed by atoms with van der Waals surface area (Å²) in [5.41, 5.74) is -1.47. The molecule has 0 aliphatic heterocycles. The molecule has 0 aliphatic rings. The molecule has 5 rings (SSSR count). The number of nitrogens with one attached hydrogen (secondary N) is 1. The molecule has 0 spiro atoms. The van der Waals surface area contributed by atoms with Crippen molar-refractivity contribution in [3.63, 3.8) is 0 Å². The van der Waals surface area contributed by atoms with Crippen LogP contribution >= 0.6 is 23.1 Å². The lowest BCUT2D eigenvalue weighted by Gasteiger charge is -2.36. The van der Waals surface area contributed by atoms with E-state index in [4.69, 9.17) is 19.0 Å². The van der Waals surface area contributed by atoms with Crippen molar-refractivity contribution >= 4 is 57.8 Å². The van der Waals surface area contributed by atoms with Gasteiger partial charge in [-0.3, -0.25) is 9.59 Å². The minimum absolute atomic E-state index is 0.0298. The summed E-state index contributed by atoms with van der Waals surface area (Å²) >= 11 is 1.93. The van der Waals surface area contributed by atoms with Crippen LogP contribution in [0, 0.1) is 0 Å². The molecule has 0 saturated carbocycles. The van der Waals surface area contributed by atoms with Crippen molar-refractivity contribution in [3.05, 3.63) is 137 Å². The van der Waals surface area contributed by atoms with Crippen molar-refractivity contribution in [2.45, 2.75) is 56.1 Å². The topological polar surface area (TPSA) is 166 Å². The highest BCUT2D eigenvalue weighted by molar-refractivity contribution is 8.00. The minimum atomic E-state index is -1.71. The third-order valence-electron chi connectivity index (χ3n) is 7.36. The summed E-state index contributed by atoms with van der Waals surface area (Å²) in [5.74, 6) is -4.04. The Morgan fingerprint density at radius 2 is 1.30 bits per heavy atom. The van der Waals surface area contributed by atoms with E-state index in [-0.39, 0.29) is 17.2 Å². The number of carboxylic acid groups (broad SMARTS) is 1. The normalized spacial score (nSPS) is 12.3. The van der Waals surface area contributed by atoms with E-state index >= 15 is 0 Å². The summed E-state index contributed by atoms with van der Waals surface area (Å²) < 4.78 is 15.9. The van der Waals surface area contributed by atoms with Gasteiger partial charge < -0.3 is 34.3 Å². The summed E-state index contributed by atoms with van der Waals surface area (Å²) in [7, 11) is 0. The van der Waals surface area contributed by atoms with Gasteiger partial charge in [0.05, 0.1) is 5.97 Å². The Morgan fingerprint density at radius 3 is 1.78 bits per heavy atom. The zero-order valence-corrected chi connectivity index (χ0v) is 31.6. The Hall–Kier alpha value is -5.99. The molecule has 0 bridgehead atoms. The maximum Gasteiger partial charge on any atom is 0.361 e. The van der Waals surface area contributed by atoms with Gasteiger partial charge in [0.1, 0.15) is 16.8 Å². The van der Waals surface area contributed by atoms with E-state index in [9.17, 15) is 24.3 Å². The van der Waals surface area contributed by atoms with E-state index in [1.165, 1.54) is 37.4 Å². The van der Waals surface area contributed by atoms with E-state index in [2.05, 4.69) is 15.5 Å². The number of carbonyl (C=O) groups is 4. The van der Waals surface area contributed by atoms with Crippen molar-refractivity contribution in [3.8, 4) is 11.5 Å². The first-order valence-electron chi connectivity index (χ1n) is 16.5. The molecule has 0 radical (unpaired) electrons. The standard InChI is InChI=1S/C40H37N3O9S2/c1-25(44)49-32-22-21-30(23-33(32)50-26(2)45)54-37(36(48)51-39(3,4)5)52-43-34(35(46)47)31-24-53-38(41-31)42-40(27-15-9-6-10-16-27,28-17-11-7-12-18-28)29-19-13-8-14-20-29/h6-24,37H,1-5H3,(H,41,42)(H,46,47)/p-1/b43-34-. The first kappa shape index (κ1) is 39.2. The molecule has 54 heavy (non-hydrogen) atoms. The van der Waals surface area contributed by atoms with Gasteiger partial charge in [0, 0.05) is 24.1 Å². The molecule has 0 fully saturated rings. The van der Waals surface area contributed by atoms with Crippen LogP contribution < -0.4 is 19.9 Å². The molecule has 0 amide bonds. The highest BCUT2D eigenvalue weighted by Crippen LogP contribution is 2.41. The van der Waals surface area contributed by atoms with Gasteiger partial charge in [-0.2, -0.15) is 0 Å². The molecular formula is C40H36N3O9S2-. The molecule has 1 heterocycles. The number of ether oxygens (including phenoxy) is 3. The summed E-state index contributed by atoms with van der Waals surface area (Å²) in [6.45, 7) is 7.32. The first-order chi connectivity index (χ1) is 25.7. The Morgan fingerprint density at radius 1 is 0.778 bits per heavy atom. The molecule has 1 N–H and O–H groups in total. The number of hydrogen-bond acceptors (Lipinski definition) is 14. The number of thioether (sulfide) groups is 1. The third kappa shape index (κ3) is 9.90. The average Bonchev–Trinajstić information content (AvgIpc) is 3.59. The predicted octanol–water partition coefficient (Wildman–Crippen LogP) is 6.33. The molecule has 278 valence electrons. The van der Waals surface area contributed by atoms with Gasteiger partial charge in [0.15, 0.2) is 22.3 Å². The van der Waals surface area contributed by atoms with Crippen molar-refractivity contribution in [2.75, 3.05) is 5.32 Å². The van der Waals surface area contributed by atoms with Crippen LogP contribution in [-0.4, -0.2) is 45.6 Å². The van der Waals surface area contributed by atoms with Crippen LogP contribution in [0.2, 0.25) is 0 Å². The number of anilines is 1. The second-order valence-electron chi connectivity index (χ2n) is 12.6. The molecule has 1 aromatic heterocycles. The molecule has 1 atom stereocenters. The minimum Gasteiger partial charge on any atom is -0.543 e. The number of benzene rings is 4. The van der Waals surface area contributed by atoms with Crippen molar-refractivity contribution in [1.82, 2.24) is 4.98 Å². The Balaban J connectivity index is 1.50. The largest absolute Gasteiger partial charge is 0.543 e. The molecule has 4 aromatic carbocycles. The summed E-state index contributed by atoms with van der Waals surface area (Å²) in [5, 5.41) is 21.8. The van der Waals surface area contributed by atoms with Crippen LogP contribution in [-0.2, 0) is 34.3 Å².